The molecule has 0 amide bonds. The molecule has 0 radical (unpaired) electrons. The molecule has 0 saturated heterocycles. The van der Waals surface area contributed by atoms with Gasteiger partial charge in [0.15, 0.2) is 0 Å². The summed E-state index contributed by atoms with van der Waals surface area (Å²) in [6.45, 7) is 4.30. The lowest BCUT2D eigenvalue weighted by molar-refractivity contribution is 0.0433. The van der Waals surface area contributed by atoms with Gasteiger partial charge in [0.05, 0.1) is 11.7 Å². The SMILES string of the molecule is CCC(CC)n1ccc(CC2(F)CC(N)C2)n1. The number of aromatic nitrogens is 2. The maximum absolute atomic E-state index is 14.1. The maximum Gasteiger partial charge on any atom is 0.119 e. The number of alkyl halides is 1. The monoisotopic (exact) mass is 239 g/mol. The number of nitrogens with two attached hydrogens (primary N) is 1. The fourth-order valence-electron chi connectivity index (χ4n) is 2.69. The average molecular weight is 239 g/mol. The third-order valence-electron chi connectivity index (χ3n) is 3.73. The predicted octanol–water partition coefficient (Wildman–Crippen LogP) is 2.62. The Morgan fingerprint density at radius 1 is 1.53 bits per heavy atom. The van der Waals surface area contributed by atoms with Crippen LogP contribution in [-0.4, -0.2) is 21.5 Å². The zero-order chi connectivity index (χ0) is 12.5. The van der Waals surface area contributed by atoms with Crippen LogP contribution in [-0.2, 0) is 6.42 Å². The van der Waals surface area contributed by atoms with Crippen LogP contribution >= 0.6 is 0 Å². The Morgan fingerprint density at radius 2 is 2.18 bits per heavy atom. The molecule has 17 heavy (non-hydrogen) atoms. The lowest BCUT2D eigenvalue weighted by Crippen LogP contribution is -2.49. The quantitative estimate of drug-likeness (QED) is 0.858. The molecule has 0 bridgehead atoms. The van der Waals surface area contributed by atoms with Crippen molar-refractivity contribution in [2.75, 3.05) is 0 Å². The first kappa shape index (κ1) is 12.6. The predicted molar refractivity (Wildman–Crippen MR) is 66.6 cm³/mol. The Kier molecular flexibility index (Phi) is 3.52. The molecule has 1 aromatic heterocycles. The van der Waals surface area contributed by atoms with E-state index in [0.717, 1.165) is 18.5 Å². The number of nitrogens with zero attached hydrogens (tertiary/aromatic N) is 2. The Hall–Kier alpha value is -0.900. The zero-order valence-electron chi connectivity index (χ0n) is 10.7. The van der Waals surface area contributed by atoms with Crippen molar-refractivity contribution in [1.29, 1.82) is 0 Å². The van der Waals surface area contributed by atoms with E-state index in [-0.39, 0.29) is 6.04 Å². The van der Waals surface area contributed by atoms with Crippen LogP contribution in [0.15, 0.2) is 12.3 Å². The molecule has 1 heterocycles. The Morgan fingerprint density at radius 3 is 2.71 bits per heavy atom. The van der Waals surface area contributed by atoms with Crippen molar-refractivity contribution in [1.82, 2.24) is 9.78 Å². The molecular formula is C13H22FN3. The molecule has 4 heteroatoms. The minimum Gasteiger partial charge on any atom is -0.327 e. The van der Waals surface area contributed by atoms with Crippen LogP contribution in [0, 0.1) is 0 Å². The number of hydrogen-bond donors (Lipinski definition) is 1. The number of halogens is 1. The first-order valence-electron chi connectivity index (χ1n) is 6.55. The van der Waals surface area contributed by atoms with Gasteiger partial charge in [0.2, 0.25) is 0 Å². The van der Waals surface area contributed by atoms with Gasteiger partial charge in [-0.25, -0.2) is 4.39 Å². The van der Waals surface area contributed by atoms with Crippen molar-refractivity contribution in [2.45, 2.75) is 63.7 Å². The highest BCUT2D eigenvalue weighted by Crippen LogP contribution is 2.37. The van der Waals surface area contributed by atoms with E-state index in [9.17, 15) is 4.39 Å². The molecule has 1 saturated carbocycles. The van der Waals surface area contributed by atoms with E-state index in [1.807, 2.05) is 16.9 Å². The van der Waals surface area contributed by atoms with E-state index >= 15 is 0 Å². The number of hydrogen-bond acceptors (Lipinski definition) is 2. The van der Waals surface area contributed by atoms with Crippen LogP contribution in [0.1, 0.15) is 51.3 Å². The van der Waals surface area contributed by atoms with Gasteiger partial charge in [-0.3, -0.25) is 4.68 Å². The molecule has 1 aromatic rings. The summed E-state index contributed by atoms with van der Waals surface area (Å²) >= 11 is 0. The van der Waals surface area contributed by atoms with Crippen LogP contribution in [0.4, 0.5) is 4.39 Å². The molecule has 1 aliphatic rings. The molecule has 0 spiro atoms. The van der Waals surface area contributed by atoms with Gasteiger partial charge in [-0.15, -0.1) is 0 Å². The highest BCUT2D eigenvalue weighted by atomic mass is 19.1. The van der Waals surface area contributed by atoms with Crippen LogP contribution < -0.4 is 5.73 Å². The van der Waals surface area contributed by atoms with Crippen LogP contribution in [0.25, 0.3) is 0 Å². The van der Waals surface area contributed by atoms with Gasteiger partial charge in [0, 0.05) is 18.7 Å². The van der Waals surface area contributed by atoms with Gasteiger partial charge in [-0.2, -0.15) is 5.10 Å². The molecule has 3 nitrogen and oxygen atoms in total. The first-order chi connectivity index (χ1) is 8.06. The van der Waals surface area contributed by atoms with Gasteiger partial charge < -0.3 is 5.73 Å². The van der Waals surface area contributed by atoms with Crippen molar-refractivity contribution >= 4 is 0 Å². The van der Waals surface area contributed by atoms with Crippen molar-refractivity contribution in [3.8, 4) is 0 Å². The van der Waals surface area contributed by atoms with E-state index in [2.05, 4.69) is 18.9 Å². The smallest absolute Gasteiger partial charge is 0.119 e. The molecule has 2 N–H and O–H groups in total. The minimum absolute atomic E-state index is 0.0427. The average Bonchev–Trinajstić information content (AvgIpc) is 2.66. The fraction of sp³-hybridized carbons (Fsp3) is 0.769. The van der Waals surface area contributed by atoms with Crippen molar-refractivity contribution in [3.05, 3.63) is 18.0 Å². The first-order valence-corrected chi connectivity index (χ1v) is 6.55. The highest BCUT2D eigenvalue weighted by Gasteiger charge is 2.43. The summed E-state index contributed by atoms with van der Waals surface area (Å²) in [5.41, 5.74) is 5.39. The van der Waals surface area contributed by atoms with E-state index in [1.54, 1.807) is 0 Å². The fourth-order valence-corrected chi connectivity index (χ4v) is 2.69. The second-order valence-electron chi connectivity index (χ2n) is 5.25. The molecule has 0 aromatic carbocycles. The summed E-state index contributed by atoms with van der Waals surface area (Å²) in [5, 5.41) is 4.48. The van der Waals surface area contributed by atoms with E-state index < -0.39 is 5.67 Å². The molecule has 96 valence electrons. The summed E-state index contributed by atoms with van der Waals surface area (Å²) < 4.78 is 16.1. The zero-order valence-corrected chi connectivity index (χ0v) is 10.7. The lowest BCUT2D eigenvalue weighted by Gasteiger charge is -2.38. The topological polar surface area (TPSA) is 43.8 Å². The Balaban J connectivity index is 1.99. The second-order valence-corrected chi connectivity index (χ2v) is 5.25. The molecule has 1 fully saturated rings. The van der Waals surface area contributed by atoms with Crippen molar-refractivity contribution in [3.63, 3.8) is 0 Å². The molecule has 1 aliphatic carbocycles. The van der Waals surface area contributed by atoms with Gasteiger partial charge in [0.1, 0.15) is 5.67 Å². The second kappa shape index (κ2) is 4.77. The van der Waals surface area contributed by atoms with E-state index in [1.165, 1.54) is 0 Å². The lowest BCUT2D eigenvalue weighted by atomic mass is 9.75. The van der Waals surface area contributed by atoms with Crippen molar-refractivity contribution in [2.24, 2.45) is 5.73 Å². The van der Waals surface area contributed by atoms with Crippen LogP contribution in [0.3, 0.4) is 0 Å². The normalized spacial score (nSPS) is 28.4. The Bertz CT molecular complexity index is 364. The van der Waals surface area contributed by atoms with Crippen molar-refractivity contribution < 1.29 is 4.39 Å². The largest absolute Gasteiger partial charge is 0.327 e. The van der Waals surface area contributed by atoms with E-state index in [4.69, 9.17) is 5.73 Å². The minimum atomic E-state index is -1.10. The number of rotatable bonds is 5. The van der Waals surface area contributed by atoms with Gasteiger partial charge in [-0.05, 0) is 31.7 Å². The van der Waals surface area contributed by atoms with Crippen LogP contribution in [0.2, 0.25) is 0 Å². The summed E-state index contributed by atoms with van der Waals surface area (Å²) in [7, 11) is 0. The molecule has 2 rings (SSSR count). The summed E-state index contributed by atoms with van der Waals surface area (Å²) in [6, 6.07) is 2.41. The summed E-state index contributed by atoms with van der Waals surface area (Å²) in [5.74, 6) is 0. The standard InChI is InChI=1S/C13H22FN3/c1-3-12(4-2)17-6-5-11(16-17)9-13(14)7-10(15)8-13/h5-6,10,12H,3-4,7-9,15H2,1-2H3. The van der Waals surface area contributed by atoms with Gasteiger partial charge in [0.25, 0.3) is 0 Å². The summed E-state index contributed by atoms with van der Waals surface area (Å²) in [4.78, 5) is 0. The molecule has 0 atom stereocenters. The molecular weight excluding hydrogens is 217 g/mol. The maximum atomic E-state index is 14.1. The van der Waals surface area contributed by atoms with Gasteiger partial charge in [-0.1, -0.05) is 13.8 Å². The summed E-state index contributed by atoms with van der Waals surface area (Å²) in [6.07, 6.45) is 5.45. The third-order valence-corrected chi connectivity index (χ3v) is 3.73. The van der Waals surface area contributed by atoms with Gasteiger partial charge >= 0.3 is 0 Å². The third kappa shape index (κ3) is 2.68. The highest BCUT2D eigenvalue weighted by molar-refractivity contribution is 5.09. The molecule has 0 unspecified atom stereocenters. The Labute approximate surface area is 102 Å². The van der Waals surface area contributed by atoms with E-state index in [0.29, 0.717) is 25.3 Å². The van der Waals surface area contributed by atoms with Crippen LogP contribution in [0.5, 0.6) is 0 Å². The molecule has 0 aliphatic heterocycles.